The van der Waals surface area contributed by atoms with Crippen LogP contribution in [-0.4, -0.2) is 26.4 Å². The molecule has 0 amide bonds. The molecule has 1 unspecified atom stereocenters. The van der Waals surface area contributed by atoms with Gasteiger partial charge in [0, 0.05) is 18.2 Å². The fraction of sp³-hybridized carbons (Fsp3) is 0.625. The molecule has 0 spiro atoms. The average molecular weight is 265 g/mol. The lowest BCUT2D eigenvalue weighted by atomic mass is 10.0. The molecule has 0 aliphatic carbocycles. The van der Waals surface area contributed by atoms with Gasteiger partial charge in [-0.15, -0.1) is 0 Å². The van der Waals surface area contributed by atoms with Gasteiger partial charge in [-0.2, -0.15) is 0 Å². The normalized spacial score (nSPS) is 12.4. The minimum Gasteiger partial charge on any atom is -0.491 e. The van der Waals surface area contributed by atoms with Crippen LogP contribution in [0, 0.1) is 6.92 Å². The maximum Gasteiger partial charge on any atom is 0.124 e. The highest BCUT2D eigenvalue weighted by Crippen LogP contribution is 2.26. The summed E-state index contributed by atoms with van der Waals surface area (Å²) in [6, 6.07) is 6.65. The van der Waals surface area contributed by atoms with E-state index in [1.807, 2.05) is 6.92 Å². The van der Waals surface area contributed by atoms with Crippen molar-refractivity contribution >= 4 is 0 Å². The van der Waals surface area contributed by atoms with Gasteiger partial charge in [0.05, 0.1) is 6.61 Å². The van der Waals surface area contributed by atoms with Crippen LogP contribution >= 0.6 is 0 Å². The number of aryl methyl sites for hydroxylation is 1. The summed E-state index contributed by atoms with van der Waals surface area (Å²) in [7, 11) is 0. The van der Waals surface area contributed by atoms with Crippen molar-refractivity contribution in [3.63, 3.8) is 0 Å². The molecular formula is C16H27NO2. The first-order chi connectivity index (χ1) is 9.19. The number of hydrogen-bond donors (Lipinski definition) is 1. The quantitative estimate of drug-likeness (QED) is 0.693. The van der Waals surface area contributed by atoms with Crippen molar-refractivity contribution < 1.29 is 9.47 Å². The third-order valence-corrected chi connectivity index (χ3v) is 3.02. The fourth-order valence-corrected chi connectivity index (χ4v) is 1.96. The van der Waals surface area contributed by atoms with E-state index in [0.29, 0.717) is 19.3 Å². The van der Waals surface area contributed by atoms with Gasteiger partial charge in [0.15, 0.2) is 0 Å². The molecule has 3 nitrogen and oxygen atoms in total. The molecule has 1 N–H and O–H groups in total. The van der Waals surface area contributed by atoms with E-state index in [9.17, 15) is 0 Å². The Morgan fingerprint density at radius 2 is 2.00 bits per heavy atom. The highest BCUT2D eigenvalue weighted by atomic mass is 16.5. The maximum atomic E-state index is 5.83. The zero-order valence-corrected chi connectivity index (χ0v) is 12.7. The van der Waals surface area contributed by atoms with Gasteiger partial charge in [0.25, 0.3) is 0 Å². The van der Waals surface area contributed by atoms with Crippen molar-refractivity contribution in [2.24, 2.45) is 0 Å². The zero-order chi connectivity index (χ0) is 14.1. The summed E-state index contributed by atoms with van der Waals surface area (Å²) < 4.78 is 11.1. The maximum absolute atomic E-state index is 5.83. The third-order valence-electron chi connectivity index (χ3n) is 3.02. The van der Waals surface area contributed by atoms with E-state index in [-0.39, 0.29) is 0 Å². The smallest absolute Gasteiger partial charge is 0.124 e. The van der Waals surface area contributed by atoms with E-state index >= 15 is 0 Å². The van der Waals surface area contributed by atoms with E-state index in [0.717, 1.165) is 25.3 Å². The molecule has 3 heteroatoms. The van der Waals surface area contributed by atoms with Crippen LogP contribution < -0.4 is 10.1 Å². The molecule has 1 rings (SSSR count). The molecule has 1 aromatic rings. The molecule has 19 heavy (non-hydrogen) atoms. The zero-order valence-electron chi connectivity index (χ0n) is 12.7. The molecule has 108 valence electrons. The van der Waals surface area contributed by atoms with Gasteiger partial charge in [-0.3, -0.25) is 0 Å². The lowest BCUT2D eigenvalue weighted by Crippen LogP contribution is -2.20. The monoisotopic (exact) mass is 265 g/mol. The third kappa shape index (κ3) is 5.62. The SMILES string of the molecule is CCCNC(C)c1cc(C)ccc1OCCOCC. The standard InChI is InChI=1S/C16H27NO2/c1-5-9-17-14(4)15-12-13(3)7-8-16(15)19-11-10-18-6-2/h7-8,12,14,17H,5-6,9-11H2,1-4H3. The minimum atomic E-state index is 0.307. The van der Waals surface area contributed by atoms with Gasteiger partial charge in [-0.05, 0) is 39.8 Å². The summed E-state index contributed by atoms with van der Waals surface area (Å²) in [5, 5.41) is 3.51. The molecule has 0 fully saturated rings. The summed E-state index contributed by atoms with van der Waals surface area (Å²) in [5.41, 5.74) is 2.49. The number of benzene rings is 1. The Bertz CT molecular complexity index is 366. The highest BCUT2D eigenvalue weighted by molar-refractivity contribution is 5.39. The predicted octanol–water partition coefficient (Wildman–Crippen LogP) is 3.47. The van der Waals surface area contributed by atoms with Crippen molar-refractivity contribution in [3.8, 4) is 5.75 Å². The first-order valence-electron chi connectivity index (χ1n) is 7.23. The number of ether oxygens (including phenoxy) is 2. The van der Waals surface area contributed by atoms with Crippen molar-refractivity contribution in [2.45, 2.75) is 40.2 Å². The summed E-state index contributed by atoms with van der Waals surface area (Å²) in [5.74, 6) is 0.960. The van der Waals surface area contributed by atoms with Gasteiger partial charge in [-0.1, -0.05) is 24.6 Å². The number of hydrogen-bond acceptors (Lipinski definition) is 3. The molecule has 0 saturated carbocycles. The van der Waals surface area contributed by atoms with E-state index < -0.39 is 0 Å². The Kier molecular flexibility index (Phi) is 7.53. The van der Waals surface area contributed by atoms with Crippen molar-refractivity contribution in [1.29, 1.82) is 0 Å². The summed E-state index contributed by atoms with van der Waals surface area (Å²) >= 11 is 0. The van der Waals surface area contributed by atoms with Crippen molar-refractivity contribution in [3.05, 3.63) is 29.3 Å². The van der Waals surface area contributed by atoms with Gasteiger partial charge in [-0.25, -0.2) is 0 Å². The molecular weight excluding hydrogens is 238 g/mol. The molecule has 0 bridgehead atoms. The average Bonchev–Trinajstić information content (AvgIpc) is 2.42. The Morgan fingerprint density at radius 3 is 2.68 bits per heavy atom. The lowest BCUT2D eigenvalue weighted by molar-refractivity contribution is 0.109. The second kappa shape index (κ2) is 8.94. The molecule has 0 aromatic heterocycles. The van der Waals surface area contributed by atoms with Gasteiger partial charge in [0.2, 0.25) is 0 Å². The number of nitrogens with one attached hydrogen (secondary N) is 1. The Hall–Kier alpha value is -1.06. The van der Waals surface area contributed by atoms with Crippen molar-refractivity contribution in [2.75, 3.05) is 26.4 Å². The number of rotatable bonds is 9. The van der Waals surface area contributed by atoms with E-state index in [1.54, 1.807) is 0 Å². The topological polar surface area (TPSA) is 30.5 Å². The van der Waals surface area contributed by atoms with Gasteiger partial charge < -0.3 is 14.8 Å². The van der Waals surface area contributed by atoms with Crippen LogP contribution in [0.5, 0.6) is 5.75 Å². The predicted molar refractivity (Wildman–Crippen MR) is 79.9 cm³/mol. The van der Waals surface area contributed by atoms with E-state index in [1.165, 1.54) is 11.1 Å². The summed E-state index contributed by atoms with van der Waals surface area (Å²) in [6.45, 7) is 11.5. The van der Waals surface area contributed by atoms with Crippen LogP contribution in [0.25, 0.3) is 0 Å². The molecule has 0 aliphatic heterocycles. The van der Waals surface area contributed by atoms with Crippen LogP contribution in [0.1, 0.15) is 44.4 Å². The summed E-state index contributed by atoms with van der Waals surface area (Å²) in [4.78, 5) is 0. The largest absolute Gasteiger partial charge is 0.491 e. The van der Waals surface area contributed by atoms with Crippen LogP contribution in [-0.2, 0) is 4.74 Å². The summed E-state index contributed by atoms with van der Waals surface area (Å²) in [6.07, 6.45) is 1.14. The Balaban J connectivity index is 2.67. The first kappa shape index (κ1) is 16.0. The van der Waals surface area contributed by atoms with Gasteiger partial charge >= 0.3 is 0 Å². The Labute approximate surface area is 117 Å². The lowest BCUT2D eigenvalue weighted by Gasteiger charge is -2.19. The van der Waals surface area contributed by atoms with Crippen LogP contribution in [0.3, 0.4) is 0 Å². The van der Waals surface area contributed by atoms with Gasteiger partial charge in [0.1, 0.15) is 12.4 Å². The Morgan fingerprint density at radius 1 is 1.21 bits per heavy atom. The highest BCUT2D eigenvalue weighted by Gasteiger charge is 2.11. The molecule has 1 aromatic carbocycles. The fourth-order valence-electron chi connectivity index (χ4n) is 1.96. The molecule has 0 radical (unpaired) electrons. The molecule has 1 atom stereocenters. The van der Waals surface area contributed by atoms with E-state index in [4.69, 9.17) is 9.47 Å². The van der Waals surface area contributed by atoms with Crippen molar-refractivity contribution in [1.82, 2.24) is 5.32 Å². The van der Waals surface area contributed by atoms with E-state index in [2.05, 4.69) is 44.3 Å². The second-order valence-electron chi connectivity index (χ2n) is 4.76. The van der Waals surface area contributed by atoms with Crippen LogP contribution in [0.2, 0.25) is 0 Å². The minimum absolute atomic E-state index is 0.307. The molecule has 0 heterocycles. The van der Waals surface area contributed by atoms with Crippen LogP contribution in [0.4, 0.5) is 0 Å². The first-order valence-corrected chi connectivity index (χ1v) is 7.23. The molecule has 0 aliphatic rings. The second-order valence-corrected chi connectivity index (χ2v) is 4.76. The van der Waals surface area contributed by atoms with Crippen LogP contribution in [0.15, 0.2) is 18.2 Å². The molecule has 0 saturated heterocycles.